The Morgan fingerprint density at radius 1 is 1.42 bits per heavy atom. The molecule has 2 heteroatoms. The number of benzene rings is 1. The van der Waals surface area contributed by atoms with Gasteiger partial charge in [-0.3, -0.25) is 0 Å². The largest absolute Gasteiger partial charge is 0.376 e. The van der Waals surface area contributed by atoms with Crippen molar-refractivity contribution < 1.29 is 9.47 Å². The van der Waals surface area contributed by atoms with Gasteiger partial charge in [0.05, 0.1) is 19.8 Å². The van der Waals surface area contributed by atoms with Crippen molar-refractivity contribution in [1.29, 1.82) is 0 Å². The zero-order valence-corrected chi connectivity index (χ0v) is 6.82. The van der Waals surface area contributed by atoms with Gasteiger partial charge in [0.1, 0.15) is 6.10 Å². The normalized spacial score (nSPS) is 17.3. The van der Waals surface area contributed by atoms with Crippen molar-refractivity contribution in [3.63, 3.8) is 0 Å². The third-order valence-electron chi connectivity index (χ3n) is 1.88. The lowest BCUT2D eigenvalue weighted by Crippen LogP contribution is -2.35. The summed E-state index contributed by atoms with van der Waals surface area (Å²) in [6.45, 7) is 2.18. The lowest BCUT2D eigenvalue weighted by molar-refractivity contribution is -0.135. The molecular formula is C10H11O2. The highest BCUT2D eigenvalue weighted by Gasteiger charge is 2.18. The second kappa shape index (κ2) is 3.70. The maximum atomic E-state index is 5.53. The summed E-state index contributed by atoms with van der Waals surface area (Å²) in [6, 6.07) is 10.8. The summed E-state index contributed by atoms with van der Waals surface area (Å²) in [6.07, 6.45) is 0.314. The lowest BCUT2D eigenvalue weighted by atomic mass is 10.2. The van der Waals surface area contributed by atoms with Crippen LogP contribution in [-0.4, -0.2) is 19.3 Å². The molecule has 1 aromatic carbocycles. The van der Waals surface area contributed by atoms with Gasteiger partial charge < -0.3 is 9.47 Å². The Hall–Kier alpha value is -0.860. The standard InChI is InChI=1S/C10H11O2/c1-2-4-9(5-3-1)6-12-10-7-11-8-10/h2-5,10H,6-8H2. The van der Waals surface area contributed by atoms with E-state index in [1.807, 2.05) is 24.3 Å². The monoisotopic (exact) mass is 163 g/mol. The van der Waals surface area contributed by atoms with E-state index in [9.17, 15) is 0 Å². The van der Waals surface area contributed by atoms with Crippen LogP contribution in [-0.2, 0) is 16.1 Å². The number of hydrogen-bond acceptors (Lipinski definition) is 2. The van der Waals surface area contributed by atoms with Crippen LogP contribution < -0.4 is 0 Å². The quantitative estimate of drug-likeness (QED) is 0.670. The average Bonchev–Trinajstić information content (AvgIpc) is 2.04. The van der Waals surface area contributed by atoms with Crippen molar-refractivity contribution in [3.8, 4) is 0 Å². The minimum Gasteiger partial charge on any atom is -0.376 e. The van der Waals surface area contributed by atoms with Crippen molar-refractivity contribution in [1.82, 2.24) is 0 Å². The van der Waals surface area contributed by atoms with Crippen LogP contribution in [0.4, 0.5) is 0 Å². The molecule has 0 N–H and O–H groups in total. The van der Waals surface area contributed by atoms with Crippen LogP contribution in [0.3, 0.4) is 0 Å². The van der Waals surface area contributed by atoms with E-state index >= 15 is 0 Å². The van der Waals surface area contributed by atoms with Gasteiger partial charge in [-0.2, -0.15) is 0 Å². The van der Waals surface area contributed by atoms with E-state index in [0.717, 1.165) is 13.2 Å². The molecular weight excluding hydrogens is 152 g/mol. The molecule has 0 atom stereocenters. The minimum atomic E-state index is 0.314. The van der Waals surface area contributed by atoms with Gasteiger partial charge in [-0.1, -0.05) is 24.3 Å². The van der Waals surface area contributed by atoms with E-state index in [2.05, 4.69) is 6.07 Å². The first kappa shape index (κ1) is 7.77. The molecule has 1 heterocycles. The third kappa shape index (κ3) is 1.84. The molecule has 0 aliphatic carbocycles. The molecule has 63 valence electrons. The summed E-state index contributed by atoms with van der Waals surface area (Å²) in [4.78, 5) is 0. The first-order valence-electron chi connectivity index (χ1n) is 4.09. The van der Waals surface area contributed by atoms with Crippen LogP contribution in [0.1, 0.15) is 5.56 Å². The molecule has 1 aliphatic rings. The van der Waals surface area contributed by atoms with E-state index in [1.54, 1.807) is 0 Å². The molecule has 2 rings (SSSR count). The molecule has 0 spiro atoms. The van der Waals surface area contributed by atoms with Gasteiger partial charge >= 0.3 is 0 Å². The smallest absolute Gasteiger partial charge is 0.105 e. The van der Waals surface area contributed by atoms with Crippen LogP contribution in [0.2, 0.25) is 0 Å². The van der Waals surface area contributed by atoms with Gasteiger partial charge in [-0.15, -0.1) is 0 Å². The van der Waals surface area contributed by atoms with E-state index in [4.69, 9.17) is 9.47 Å². The first-order chi connectivity index (χ1) is 5.95. The molecule has 0 bridgehead atoms. The van der Waals surface area contributed by atoms with Crippen molar-refractivity contribution >= 4 is 0 Å². The Kier molecular flexibility index (Phi) is 2.39. The summed E-state index contributed by atoms with van der Waals surface area (Å²) in [7, 11) is 0. The molecule has 0 amide bonds. The van der Waals surface area contributed by atoms with Gasteiger partial charge in [0.25, 0.3) is 0 Å². The zero-order valence-electron chi connectivity index (χ0n) is 6.82. The lowest BCUT2D eigenvalue weighted by Gasteiger charge is -2.25. The Balaban J connectivity index is 1.79. The predicted octanol–water partition coefficient (Wildman–Crippen LogP) is 1.40. The molecule has 2 nitrogen and oxygen atoms in total. The van der Waals surface area contributed by atoms with Crippen LogP contribution in [0.5, 0.6) is 0 Å². The summed E-state index contributed by atoms with van der Waals surface area (Å²) in [5.74, 6) is 0. The van der Waals surface area contributed by atoms with E-state index in [1.165, 1.54) is 5.56 Å². The van der Waals surface area contributed by atoms with Crippen molar-refractivity contribution in [3.05, 3.63) is 35.9 Å². The van der Waals surface area contributed by atoms with Crippen LogP contribution in [0.25, 0.3) is 0 Å². The van der Waals surface area contributed by atoms with Gasteiger partial charge in [0.2, 0.25) is 0 Å². The predicted molar refractivity (Wildman–Crippen MR) is 44.7 cm³/mol. The fourth-order valence-corrected chi connectivity index (χ4v) is 1.04. The number of rotatable bonds is 3. The van der Waals surface area contributed by atoms with Gasteiger partial charge in [-0.05, 0) is 11.6 Å². The third-order valence-corrected chi connectivity index (χ3v) is 1.88. The van der Waals surface area contributed by atoms with Crippen LogP contribution >= 0.6 is 0 Å². The maximum absolute atomic E-state index is 5.53. The van der Waals surface area contributed by atoms with Gasteiger partial charge in [-0.25, -0.2) is 0 Å². The Morgan fingerprint density at radius 3 is 2.75 bits per heavy atom. The second-order valence-electron chi connectivity index (χ2n) is 2.88. The van der Waals surface area contributed by atoms with Crippen LogP contribution in [0.15, 0.2) is 24.3 Å². The summed E-state index contributed by atoms with van der Waals surface area (Å²) >= 11 is 0. The SMILES string of the molecule is [c]1ccc(COC2COC2)cc1. The van der Waals surface area contributed by atoms with Gasteiger partial charge in [0.15, 0.2) is 0 Å². The topological polar surface area (TPSA) is 18.5 Å². The number of ether oxygens (including phenoxy) is 2. The average molecular weight is 163 g/mol. The number of hydrogen-bond donors (Lipinski definition) is 0. The van der Waals surface area contributed by atoms with Gasteiger partial charge in [0, 0.05) is 0 Å². The second-order valence-corrected chi connectivity index (χ2v) is 2.88. The Bertz CT molecular complexity index is 229. The summed E-state index contributed by atoms with van der Waals surface area (Å²) in [5.41, 5.74) is 1.20. The molecule has 0 saturated carbocycles. The highest BCUT2D eigenvalue weighted by Crippen LogP contribution is 2.09. The minimum absolute atomic E-state index is 0.314. The van der Waals surface area contributed by atoms with E-state index in [0.29, 0.717) is 12.7 Å². The molecule has 12 heavy (non-hydrogen) atoms. The van der Waals surface area contributed by atoms with Crippen molar-refractivity contribution in [2.24, 2.45) is 0 Å². The fraction of sp³-hybridized carbons (Fsp3) is 0.400. The summed E-state index contributed by atoms with van der Waals surface area (Å²) < 4.78 is 10.5. The molecule has 1 aliphatic heterocycles. The Labute approximate surface area is 72.1 Å². The van der Waals surface area contributed by atoms with Crippen molar-refractivity contribution in [2.45, 2.75) is 12.7 Å². The highest BCUT2D eigenvalue weighted by molar-refractivity contribution is 5.12. The zero-order chi connectivity index (χ0) is 8.23. The molecule has 1 fully saturated rings. The molecule has 1 saturated heterocycles. The molecule has 1 radical (unpaired) electrons. The van der Waals surface area contributed by atoms with E-state index in [-0.39, 0.29) is 0 Å². The highest BCUT2D eigenvalue weighted by atomic mass is 16.6. The molecule has 1 aromatic rings. The first-order valence-corrected chi connectivity index (χ1v) is 4.09. The van der Waals surface area contributed by atoms with E-state index < -0.39 is 0 Å². The molecule has 0 unspecified atom stereocenters. The Morgan fingerprint density at radius 2 is 2.17 bits per heavy atom. The maximum Gasteiger partial charge on any atom is 0.105 e. The summed E-state index contributed by atoms with van der Waals surface area (Å²) in [5, 5.41) is 0. The fourth-order valence-electron chi connectivity index (χ4n) is 1.04. The van der Waals surface area contributed by atoms with Crippen molar-refractivity contribution in [2.75, 3.05) is 13.2 Å². The van der Waals surface area contributed by atoms with Crippen LogP contribution in [0, 0.1) is 6.07 Å². The molecule has 0 aromatic heterocycles.